The predicted molar refractivity (Wildman–Crippen MR) is 50.6 cm³/mol. The molecule has 1 aromatic heterocycles. The van der Waals surface area contributed by atoms with Crippen LogP contribution in [-0.2, 0) is 0 Å². The molecule has 0 aliphatic heterocycles. The third-order valence-corrected chi connectivity index (χ3v) is 2.14. The van der Waals surface area contributed by atoms with Crippen molar-refractivity contribution in [1.29, 1.82) is 0 Å². The summed E-state index contributed by atoms with van der Waals surface area (Å²) < 4.78 is 0. The highest BCUT2D eigenvalue weighted by Crippen LogP contribution is 1.97. The van der Waals surface area contributed by atoms with Crippen molar-refractivity contribution >= 4 is 12.2 Å². The average Bonchev–Trinajstić information content (AvgIpc) is 2.09. The lowest BCUT2D eigenvalue weighted by atomic mass is 9.42. The third kappa shape index (κ3) is 2.07. The highest BCUT2D eigenvalue weighted by atomic mass is 14.6. The minimum Gasteiger partial charge on any atom is -0.265 e. The van der Waals surface area contributed by atoms with Crippen LogP contribution in [0.25, 0.3) is 0 Å². The first kappa shape index (κ1) is 8.31. The van der Waals surface area contributed by atoms with E-state index in [1.807, 2.05) is 18.5 Å². The van der Waals surface area contributed by atoms with Crippen LogP contribution in [0.2, 0.25) is 12.6 Å². The molecule has 0 fully saturated rings. The molecule has 0 aliphatic carbocycles. The van der Waals surface area contributed by atoms with E-state index in [0.717, 1.165) is 0 Å². The molecule has 58 valence electrons. The summed E-state index contributed by atoms with van der Waals surface area (Å²) in [6, 6.07) is 4.16. The molecule has 1 nitrogen and oxygen atoms in total. The zero-order valence-corrected chi connectivity index (χ0v) is 7.25. The van der Waals surface area contributed by atoms with E-state index in [-0.39, 0.29) is 0 Å². The van der Waals surface area contributed by atoms with Crippen LogP contribution in [0.3, 0.4) is 0 Å². The molecule has 1 aromatic rings. The lowest BCUT2D eigenvalue weighted by Gasteiger charge is -2.06. The number of hydrogen-bond donors (Lipinski definition) is 0. The molecule has 0 saturated heterocycles. The zero-order valence-electron chi connectivity index (χ0n) is 7.25. The highest BCUT2D eigenvalue weighted by Gasteiger charge is 2.09. The molecule has 11 heavy (non-hydrogen) atoms. The van der Waals surface area contributed by atoms with Gasteiger partial charge in [-0.25, -0.2) is 0 Å². The van der Waals surface area contributed by atoms with E-state index in [0.29, 0.717) is 6.71 Å². The maximum atomic E-state index is 4.10. The first-order valence-corrected chi connectivity index (χ1v) is 4.28. The van der Waals surface area contributed by atoms with Crippen molar-refractivity contribution in [2.75, 3.05) is 0 Å². The van der Waals surface area contributed by atoms with E-state index in [2.05, 4.69) is 24.9 Å². The van der Waals surface area contributed by atoms with Gasteiger partial charge in [-0.2, -0.15) is 0 Å². The Hall–Kier alpha value is -0.785. The molecule has 0 bridgehead atoms. The molecule has 2 heteroatoms. The van der Waals surface area contributed by atoms with Gasteiger partial charge in [0.05, 0.1) is 0 Å². The Morgan fingerprint density at radius 3 is 2.55 bits per heavy atom. The van der Waals surface area contributed by atoms with Gasteiger partial charge in [0.15, 0.2) is 6.71 Å². The van der Waals surface area contributed by atoms with Gasteiger partial charge in [-0.15, -0.1) is 0 Å². The fraction of sp³-hybridized carbons (Fsp3) is 0.444. The predicted octanol–water partition coefficient (Wildman–Crippen LogP) is 1.82. The van der Waals surface area contributed by atoms with Crippen molar-refractivity contribution in [2.24, 2.45) is 0 Å². The van der Waals surface area contributed by atoms with Crippen LogP contribution in [0, 0.1) is 0 Å². The lowest BCUT2D eigenvalue weighted by Crippen LogP contribution is -2.27. The Morgan fingerprint density at radius 2 is 2.09 bits per heavy atom. The summed E-state index contributed by atoms with van der Waals surface area (Å²) >= 11 is 0. The number of rotatable bonds is 3. The summed E-state index contributed by atoms with van der Waals surface area (Å²) in [4.78, 5) is 4.10. The van der Waals surface area contributed by atoms with Crippen LogP contribution < -0.4 is 5.46 Å². The minimum absolute atomic E-state index is 0.698. The van der Waals surface area contributed by atoms with Crippen molar-refractivity contribution in [3.05, 3.63) is 24.5 Å². The Morgan fingerprint density at radius 1 is 1.36 bits per heavy atom. The van der Waals surface area contributed by atoms with Gasteiger partial charge >= 0.3 is 0 Å². The van der Waals surface area contributed by atoms with E-state index in [1.165, 1.54) is 18.1 Å². The van der Waals surface area contributed by atoms with Gasteiger partial charge < -0.3 is 0 Å². The van der Waals surface area contributed by atoms with Crippen molar-refractivity contribution in [3.8, 4) is 0 Å². The number of hydrogen-bond acceptors (Lipinski definition) is 1. The van der Waals surface area contributed by atoms with Crippen LogP contribution in [0.15, 0.2) is 24.5 Å². The Bertz CT molecular complexity index is 194. The topological polar surface area (TPSA) is 12.9 Å². The molecular weight excluding hydrogens is 133 g/mol. The summed E-state index contributed by atoms with van der Waals surface area (Å²) in [6.45, 7) is 5.14. The molecule has 1 rings (SSSR count). The van der Waals surface area contributed by atoms with Crippen molar-refractivity contribution in [1.82, 2.24) is 4.98 Å². The molecule has 0 aliphatic rings. The molecule has 0 radical (unpaired) electrons. The second-order valence-electron chi connectivity index (χ2n) is 2.80. The second-order valence-corrected chi connectivity index (χ2v) is 2.80. The summed E-state index contributed by atoms with van der Waals surface area (Å²) in [5.74, 6) is 0. The maximum absolute atomic E-state index is 4.10. The van der Waals surface area contributed by atoms with Gasteiger partial charge in [-0.05, 0) is 6.07 Å². The van der Waals surface area contributed by atoms with E-state index >= 15 is 0 Å². The molecule has 0 saturated carbocycles. The van der Waals surface area contributed by atoms with E-state index < -0.39 is 0 Å². The quantitative estimate of drug-likeness (QED) is 0.594. The minimum atomic E-state index is 0.698. The molecule has 1 heterocycles. The fourth-order valence-electron chi connectivity index (χ4n) is 1.38. The second kappa shape index (κ2) is 4.17. The SMILES string of the molecule is CCB(CC)c1cccnc1. The van der Waals surface area contributed by atoms with Gasteiger partial charge in [0.25, 0.3) is 0 Å². The Kier molecular flexibility index (Phi) is 3.15. The molecular formula is C9H14BN. The van der Waals surface area contributed by atoms with Gasteiger partial charge in [0, 0.05) is 12.4 Å². The average molecular weight is 147 g/mol. The van der Waals surface area contributed by atoms with E-state index in [9.17, 15) is 0 Å². The fourth-order valence-corrected chi connectivity index (χ4v) is 1.38. The van der Waals surface area contributed by atoms with Crippen LogP contribution in [0.5, 0.6) is 0 Å². The molecule has 0 aromatic carbocycles. The van der Waals surface area contributed by atoms with Crippen LogP contribution in [-0.4, -0.2) is 11.7 Å². The normalized spacial score (nSPS) is 9.64. The summed E-state index contributed by atoms with van der Waals surface area (Å²) in [5, 5.41) is 0. The summed E-state index contributed by atoms with van der Waals surface area (Å²) in [6.07, 6.45) is 6.22. The smallest absolute Gasteiger partial charge is 0.177 e. The van der Waals surface area contributed by atoms with Crippen LogP contribution in [0.4, 0.5) is 0 Å². The third-order valence-electron chi connectivity index (χ3n) is 2.14. The van der Waals surface area contributed by atoms with E-state index in [4.69, 9.17) is 0 Å². The van der Waals surface area contributed by atoms with E-state index in [1.54, 1.807) is 0 Å². The number of aromatic nitrogens is 1. The zero-order chi connectivity index (χ0) is 8.10. The molecule has 0 spiro atoms. The van der Waals surface area contributed by atoms with Crippen LogP contribution >= 0.6 is 0 Å². The first-order chi connectivity index (χ1) is 5.38. The van der Waals surface area contributed by atoms with Crippen molar-refractivity contribution < 1.29 is 0 Å². The molecule has 0 amide bonds. The number of pyridine rings is 1. The van der Waals surface area contributed by atoms with Gasteiger partial charge in [-0.1, -0.05) is 38.0 Å². The maximum Gasteiger partial charge on any atom is 0.177 e. The molecule has 0 atom stereocenters. The highest BCUT2D eigenvalue weighted by molar-refractivity contribution is 6.72. The van der Waals surface area contributed by atoms with Crippen molar-refractivity contribution in [2.45, 2.75) is 26.5 Å². The van der Waals surface area contributed by atoms with Crippen LogP contribution in [0.1, 0.15) is 13.8 Å². The Labute approximate surface area is 68.9 Å². The van der Waals surface area contributed by atoms with Gasteiger partial charge in [0.1, 0.15) is 0 Å². The number of nitrogens with zero attached hydrogens (tertiary/aromatic N) is 1. The van der Waals surface area contributed by atoms with Gasteiger partial charge in [-0.3, -0.25) is 4.98 Å². The van der Waals surface area contributed by atoms with Gasteiger partial charge in [0.2, 0.25) is 0 Å². The lowest BCUT2D eigenvalue weighted by molar-refractivity contribution is 1.30. The first-order valence-electron chi connectivity index (χ1n) is 4.28. The summed E-state index contributed by atoms with van der Waals surface area (Å²) in [7, 11) is 0. The Balaban J connectivity index is 2.74. The largest absolute Gasteiger partial charge is 0.265 e. The molecule has 0 unspecified atom stereocenters. The monoisotopic (exact) mass is 147 g/mol. The summed E-state index contributed by atoms with van der Waals surface area (Å²) in [5.41, 5.74) is 1.37. The standard InChI is InChI=1S/C9H14BN/c1-3-10(4-2)9-6-5-7-11-8-9/h5-8H,3-4H2,1-2H3. The molecule has 0 N–H and O–H groups in total. The van der Waals surface area contributed by atoms with Crippen molar-refractivity contribution in [3.63, 3.8) is 0 Å².